The first kappa shape index (κ1) is 20.3. The molecule has 0 spiro atoms. The van der Waals surface area contributed by atoms with Gasteiger partial charge in [-0.1, -0.05) is 40.2 Å². The molecule has 1 heterocycles. The minimum atomic E-state index is -3.59. The molecule has 0 unspecified atom stereocenters. The topological polar surface area (TPSA) is 58.6 Å². The maximum atomic E-state index is 12.5. The number of fused-ring (bicyclic) bond motifs is 1. The van der Waals surface area contributed by atoms with Gasteiger partial charge in [-0.05, 0) is 55.1 Å². The van der Waals surface area contributed by atoms with Crippen molar-refractivity contribution in [2.75, 3.05) is 26.7 Å². The van der Waals surface area contributed by atoms with E-state index in [1.165, 1.54) is 18.2 Å². The first-order chi connectivity index (χ1) is 13.0. The van der Waals surface area contributed by atoms with Crippen LogP contribution in [0.15, 0.2) is 51.8 Å². The minimum absolute atomic E-state index is 0.159. The zero-order chi connectivity index (χ0) is 19.3. The van der Waals surface area contributed by atoms with Crippen LogP contribution in [0.25, 0.3) is 0 Å². The molecule has 0 saturated carbocycles. The molecule has 146 valence electrons. The molecule has 0 fully saturated rings. The Balaban J connectivity index is 1.46. The van der Waals surface area contributed by atoms with Crippen LogP contribution in [0.2, 0.25) is 0 Å². The number of halogens is 1. The quantitative estimate of drug-likeness (QED) is 0.621. The van der Waals surface area contributed by atoms with Crippen molar-refractivity contribution >= 4 is 26.0 Å². The van der Waals surface area contributed by atoms with Gasteiger partial charge in [0.2, 0.25) is 10.0 Å². The van der Waals surface area contributed by atoms with Gasteiger partial charge in [-0.25, -0.2) is 13.1 Å². The number of hydrogen-bond acceptors (Lipinski definition) is 4. The lowest BCUT2D eigenvalue weighted by Gasteiger charge is -2.28. The lowest BCUT2D eigenvalue weighted by atomic mass is 10.00. The molecule has 2 aromatic carbocycles. The van der Waals surface area contributed by atoms with Crippen molar-refractivity contribution < 1.29 is 13.2 Å². The molecule has 0 amide bonds. The van der Waals surface area contributed by atoms with E-state index >= 15 is 0 Å². The Morgan fingerprint density at radius 3 is 2.70 bits per heavy atom. The van der Waals surface area contributed by atoms with Gasteiger partial charge >= 0.3 is 0 Å². The number of sulfonamides is 1. The maximum absolute atomic E-state index is 12.5. The average molecular weight is 453 g/mol. The highest BCUT2D eigenvalue weighted by Gasteiger charge is 2.19. The van der Waals surface area contributed by atoms with Crippen molar-refractivity contribution in [1.29, 1.82) is 0 Å². The molecule has 5 nitrogen and oxygen atoms in total. The standard InChI is InChI=1S/C20H25BrN2O3S/c1-26-19-9-8-18(21)14-20(19)27(24,25)22-11-4-5-12-23-13-10-16-6-2-3-7-17(16)15-23/h2-3,6-9,14,22H,4-5,10-13,15H2,1H3. The smallest absolute Gasteiger partial charge is 0.244 e. The van der Waals surface area contributed by atoms with E-state index in [9.17, 15) is 8.42 Å². The Bertz CT molecular complexity index is 887. The molecule has 1 aliphatic heterocycles. The summed E-state index contributed by atoms with van der Waals surface area (Å²) in [5.74, 6) is 0.345. The van der Waals surface area contributed by atoms with Crippen LogP contribution < -0.4 is 9.46 Å². The third kappa shape index (κ3) is 5.31. The van der Waals surface area contributed by atoms with E-state index in [0.717, 1.165) is 38.9 Å². The molecule has 3 rings (SSSR count). The van der Waals surface area contributed by atoms with Gasteiger partial charge in [0, 0.05) is 24.1 Å². The van der Waals surface area contributed by atoms with Crippen LogP contribution in [0.4, 0.5) is 0 Å². The predicted molar refractivity (Wildman–Crippen MR) is 111 cm³/mol. The Morgan fingerprint density at radius 2 is 1.93 bits per heavy atom. The predicted octanol–water partition coefficient (Wildman–Crippen LogP) is 3.57. The molecular formula is C20H25BrN2O3S. The highest BCUT2D eigenvalue weighted by Crippen LogP contribution is 2.27. The monoisotopic (exact) mass is 452 g/mol. The lowest BCUT2D eigenvalue weighted by Crippen LogP contribution is -2.32. The Morgan fingerprint density at radius 1 is 1.15 bits per heavy atom. The van der Waals surface area contributed by atoms with Gasteiger partial charge in [0.1, 0.15) is 10.6 Å². The van der Waals surface area contributed by atoms with Gasteiger partial charge in [0.05, 0.1) is 7.11 Å². The SMILES string of the molecule is COc1ccc(Br)cc1S(=O)(=O)NCCCCN1CCc2ccccc2C1. The van der Waals surface area contributed by atoms with Gasteiger partial charge in [-0.2, -0.15) is 0 Å². The van der Waals surface area contributed by atoms with E-state index in [1.807, 2.05) is 0 Å². The largest absolute Gasteiger partial charge is 0.495 e. The fourth-order valence-corrected chi connectivity index (χ4v) is 5.13. The lowest BCUT2D eigenvalue weighted by molar-refractivity contribution is 0.249. The summed E-state index contributed by atoms with van der Waals surface area (Å²) in [5, 5.41) is 0. The summed E-state index contributed by atoms with van der Waals surface area (Å²) in [5.41, 5.74) is 2.86. The average Bonchev–Trinajstić information content (AvgIpc) is 2.67. The Labute approximate surface area is 169 Å². The number of rotatable bonds is 8. The Kier molecular flexibility index (Phi) is 6.92. The molecule has 2 aromatic rings. The summed E-state index contributed by atoms with van der Waals surface area (Å²) < 4.78 is 33.6. The van der Waals surface area contributed by atoms with Crippen molar-refractivity contribution in [3.8, 4) is 5.75 Å². The molecule has 0 radical (unpaired) electrons. The highest BCUT2D eigenvalue weighted by atomic mass is 79.9. The second-order valence-electron chi connectivity index (χ2n) is 6.69. The molecule has 27 heavy (non-hydrogen) atoms. The van der Waals surface area contributed by atoms with E-state index in [4.69, 9.17) is 4.74 Å². The van der Waals surface area contributed by atoms with Crippen molar-refractivity contribution in [2.45, 2.75) is 30.7 Å². The van der Waals surface area contributed by atoms with Crippen molar-refractivity contribution in [3.63, 3.8) is 0 Å². The van der Waals surface area contributed by atoms with E-state index in [0.29, 0.717) is 16.8 Å². The first-order valence-corrected chi connectivity index (χ1v) is 11.4. The summed E-state index contributed by atoms with van der Waals surface area (Å²) in [7, 11) is -2.12. The van der Waals surface area contributed by atoms with Crippen molar-refractivity contribution in [2.24, 2.45) is 0 Å². The van der Waals surface area contributed by atoms with Crippen LogP contribution in [0.1, 0.15) is 24.0 Å². The third-order valence-electron chi connectivity index (χ3n) is 4.82. The van der Waals surface area contributed by atoms with Gasteiger partial charge in [0.15, 0.2) is 0 Å². The number of methoxy groups -OCH3 is 1. The molecule has 7 heteroatoms. The molecule has 0 saturated heterocycles. The number of nitrogens with one attached hydrogen (secondary N) is 1. The number of ether oxygens (including phenoxy) is 1. The van der Waals surface area contributed by atoms with Gasteiger partial charge in [-0.3, -0.25) is 4.90 Å². The summed E-state index contributed by atoms with van der Waals surface area (Å²) in [6, 6.07) is 13.6. The van der Waals surface area contributed by atoms with Crippen LogP contribution in [0, 0.1) is 0 Å². The minimum Gasteiger partial charge on any atom is -0.495 e. The summed E-state index contributed by atoms with van der Waals surface area (Å²) in [4.78, 5) is 2.60. The van der Waals surface area contributed by atoms with Crippen LogP contribution in [-0.2, 0) is 23.0 Å². The van der Waals surface area contributed by atoms with Crippen LogP contribution >= 0.6 is 15.9 Å². The number of hydrogen-bond donors (Lipinski definition) is 1. The molecular weight excluding hydrogens is 428 g/mol. The maximum Gasteiger partial charge on any atom is 0.244 e. The van der Waals surface area contributed by atoms with Gasteiger partial charge < -0.3 is 4.74 Å². The molecule has 1 N–H and O–H groups in total. The molecule has 0 aromatic heterocycles. The number of nitrogens with zero attached hydrogens (tertiary/aromatic N) is 1. The van der Waals surface area contributed by atoms with E-state index in [-0.39, 0.29) is 4.90 Å². The van der Waals surface area contributed by atoms with Gasteiger partial charge in [-0.15, -0.1) is 0 Å². The van der Waals surface area contributed by atoms with Crippen molar-refractivity contribution in [3.05, 3.63) is 58.1 Å². The second-order valence-corrected chi connectivity index (χ2v) is 9.35. The zero-order valence-electron chi connectivity index (χ0n) is 15.4. The van der Waals surface area contributed by atoms with Crippen LogP contribution in [0.5, 0.6) is 5.75 Å². The molecule has 1 aliphatic rings. The molecule has 0 atom stereocenters. The fraction of sp³-hybridized carbons (Fsp3) is 0.400. The number of benzene rings is 2. The van der Waals surface area contributed by atoms with E-state index in [1.54, 1.807) is 18.2 Å². The number of unbranched alkanes of at least 4 members (excludes halogenated alkanes) is 1. The van der Waals surface area contributed by atoms with Crippen molar-refractivity contribution in [1.82, 2.24) is 9.62 Å². The van der Waals surface area contributed by atoms with Gasteiger partial charge in [0.25, 0.3) is 0 Å². The zero-order valence-corrected chi connectivity index (χ0v) is 17.9. The highest BCUT2D eigenvalue weighted by molar-refractivity contribution is 9.10. The molecule has 0 aliphatic carbocycles. The second kappa shape index (κ2) is 9.19. The van der Waals surface area contributed by atoms with Crippen LogP contribution in [0.3, 0.4) is 0 Å². The summed E-state index contributed by atoms with van der Waals surface area (Å²) in [6.45, 7) is 3.45. The van der Waals surface area contributed by atoms with Crippen LogP contribution in [-0.4, -0.2) is 40.1 Å². The third-order valence-corrected chi connectivity index (χ3v) is 6.79. The molecule has 0 bridgehead atoms. The van der Waals surface area contributed by atoms with E-state index in [2.05, 4.69) is 49.8 Å². The summed E-state index contributed by atoms with van der Waals surface area (Å²) >= 11 is 3.31. The first-order valence-electron chi connectivity index (χ1n) is 9.12. The fourth-order valence-electron chi connectivity index (χ4n) is 3.35. The Hall–Kier alpha value is -1.41. The summed E-state index contributed by atoms with van der Waals surface area (Å²) in [6.07, 6.45) is 2.85. The normalized spacial score (nSPS) is 14.7. The van der Waals surface area contributed by atoms with E-state index < -0.39 is 10.0 Å².